The molecule has 118 valence electrons. The van der Waals surface area contributed by atoms with Crippen LogP contribution in [0.2, 0.25) is 5.02 Å². The molecule has 1 aromatic carbocycles. The van der Waals surface area contributed by atoms with Gasteiger partial charge in [-0.3, -0.25) is 0 Å². The zero-order chi connectivity index (χ0) is 15.2. The molecule has 1 saturated heterocycles. The van der Waals surface area contributed by atoms with E-state index >= 15 is 0 Å². The van der Waals surface area contributed by atoms with Crippen molar-refractivity contribution in [3.05, 3.63) is 28.8 Å². The quantitative estimate of drug-likeness (QED) is 0.864. The first kappa shape index (κ1) is 16.6. The molecule has 21 heavy (non-hydrogen) atoms. The Kier molecular flexibility index (Phi) is 6.34. The lowest BCUT2D eigenvalue weighted by Gasteiger charge is -2.35. The summed E-state index contributed by atoms with van der Waals surface area (Å²) in [6.07, 6.45) is 2.57. The van der Waals surface area contributed by atoms with E-state index in [1.807, 2.05) is 12.1 Å². The molecule has 4 heteroatoms. The highest BCUT2D eigenvalue weighted by Crippen LogP contribution is 2.32. The Bertz CT molecular complexity index is 442. The van der Waals surface area contributed by atoms with Crippen molar-refractivity contribution in [3.8, 4) is 0 Å². The van der Waals surface area contributed by atoms with E-state index in [4.69, 9.17) is 16.3 Å². The molecule has 0 atom stereocenters. The van der Waals surface area contributed by atoms with Crippen molar-refractivity contribution in [3.63, 3.8) is 0 Å². The highest BCUT2D eigenvalue weighted by atomic mass is 35.5. The van der Waals surface area contributed by atoms with Crippen LogP contribution in [-0.4, -0.2) is 31.8 Å². The van der Waals surface area contributed by atoms with Crippen molar-refractivity contribution in [2.45, 2.75) is 52.3 Å². The summed E-state index contributed by atoms with van der Waals surface area (Å²) in [4.78, 5) is 2.41. The van der Waals surface area contributed by atoms with Crippen molar-refractivity contribution >= 4 is 17.3 Å². The van der Waals surface area contributed by atoms with Crippen LogP contribution in [0, 0.1) is 0 Å². The monoisotopic (exact) mass is 310 g/mol. The lowest BCUT2D eigenvalue weighted by Crippen LogP contribution is -2.38. The van der Waals surface area contributed by atoms with Gasteiger partial charge in [-0.25, -0.2) is 0 Å². The summed E-state index contributed by atoms with van der Waals surface area (Å²) in [6, 6.07) is 6.67. The Labute approximate surface area is 133 Å². The minimum Gasteiger partial charge on any atom is -0.378 e. The summed E-state index contributed by atoms with van der Waals surface area (Å²) in [5.74, 6) is 0. The van der Waals surface area contributed by atoms with Gasteiger partial charge in [-0.05, 0) is 31.4 Å². The predicted molar refractivity (Wildman–Crippen MR) is 90.3 cm³/mol. The standard InChI is InChI=1S/C17H27ClN2O/c1-4-21-15-8-10-20(11-9-15)17-14(12-19-13(2)3)6-5-7-16(17)18/h5-7,13,15,19H,4,8-12H2,1-3H3. The molecule has 1 aromatic rings. The second-order valence-corrected chi connectivity index (χ2v) is 6.33. The first-order chi connectivity index (χ1) is 10.1. The number of ether oxygens (including phenoxy) is 1. The largest absolute Gasteiger partial charge is 0.378 e. The molecule has 2 rings (SSSR count). The summed E-state index contributed by atoms with van der Waals surface area (Å²) in [7, 11) is 0. The molecule has 1 aliphatic rings. The van der Waals surface area contributed by atoms with Gasteiger partial charge in [0.1, 0.15) is 0 Å². The van der Waals surface area contributed by atoms with Gasteiger partial charge in [0.2, 0.25) is 0 Å². The summed E-state index contributed by atoms with van der Waals surface area (Å²) < 4.78 is 5.73. The first-order valence-corrected chi connectivity index (χ1v) is 8.37. The fourth-order valence-electron chi connectivity index (χ4n) is 2.85. The molecule has 0 unspecified atom stereocenters. The van der Waals surface area contributed by atoms with E-state index < -0.39 is 0 Å². The van der Waals surface area contributed by atoms with Gasteiger partial charge in [0.25, 0.3) is 0 Å². The van der Waals surface area contributed by atoms with Crippen LogP contribution >= 0.6 is 11.6 Å². The van der Waals surface area contributed by atoms with Gasteiger partial charge < -0.3 is 15.0 Å². The first-order valence-electron chi connectivity index (χ1n) is 7.99. The zero-order valence-corrected chi connectivity index (χ0v) is 14.1. The molecule has 0 bridgehead atoms. The Morgan fingerprint density at radius 1 is 1.33 bits per heavy atom. The Morgan fingerprint density at radius 2 is 2.05 bits per heavy atom. The summed E-state index contributed by atoms with van der Waals surface area (Å²) in [5.41, 5.74) is 2.48. The van der Waals surface area contributed by atoms with Crippen LogP contribution in [0.25, 0.3) is 0 Å². The molecule has 0 radical (unpaired) electrons. The topological polar surface area (TPSA) is 24.5 Å². The van der Waals surface area contributed by atoms with Crippen LogP contribution in [0.5, 0.6) is 0 Å². The van der Waals surface area contributed by atoms with Crippen molar-refractivity contribution in [2.24, 2.45) is 0 Å². The summed E-state index contributed by atoms with van der Waals surface area (Å²) in [6.45, 7) is 10.1. The zero-order valence-electron chi connectivity index (χ0n) is 13.4. The number of nitrogens with zero attached hydrogens (tertiary/aromatic N) is 1. The van der Waals surface area contributed by atoms with Crippen LogP contribution in [0.3, 0.4) is 0 Å². The van der Waals surface area contributed by atoms with Crippen molar-refractivity contribution in [2.75, 3.05) is 24.6 Å². The second-order valence-electron chi connectivity index (χ2n) is 5.92. The molecule has 0 saturated carbocycles. The summed E-state index contributed by atoms with van der Waals surface area (Å²) in [5, 5.41) is 4.34. The third-order valence-corrected chi connectivity index (χ3v) is 4.24. The normalized spacial score (nSPS) is 16.7. The number of anilines is 1. The van der Waals surface area contributed by atoms with E-state index in [0.29, 0.717) is 12.1 Å². The average Bonchev–Trinajstić information content (AvgIpc) is 2.46. The molecule has 0 aliphatic carbocycles. The minimum atomic E-state index is 0.408. The van der Waals surface area contributed by atoms with Gasteiger partial charge in [0, 0.05) is 32.3 Å². The molecular weight excluding hydrogens is 284 g/mol. The molecule has 3 nitrogen and oxygen atoms in total. The number of rotatable bonds is 6. The minimum absolute atomic E-state index is 0.408. The van der Waals surface area contributed by atoms with E-state index in [0.717, 1.165) is 44.1 Å². The number of hydrogen-bond acceptors (Lipinski definition) is 3. The van der Waals surface area contributed by atoms with Crippen LogP contribution in [0.1, 0.15) is 39.2 Å². The highest BCUT2D eigenvalue weighted by molar-refractivity contribution is 6.33. The lowest BCUT2D eigenvalue weighted by atomic mass is 10.0. The number of piperidine rings is 1. The molecule has 1 heterocycles. The van der Waals surface area contributed by atoms with Crippen LogP contribution in [-0.2, 0) is 11.3 Å². The van der Waals surface area contributed by atoms with Crippen molar-refractivity contribution in [1.82, 2.24) is 5.32 Å². The molecule has 0 aromatic heterocycles. The van der Waals surface area contributed by atoms with Gasteiger partial charge in [-0.15, -0.1) is 0 Å². The molecule has 1 fully saturated rings. The maximum Gasteiger partial charge on any atom is 0.0642 e. The number of halogens is 1. The fourth-order valence-corrected chi connectivity index (χ4v) is 3.17. The third-order valence-electron chi connectivity index (χ3n) is 3.93. The van der Waals surface area contributed by atoms with Crippen molar-refractivity contribution < 1.29 is 4.74 Å². The van der Waals surface area contributed by atoms with Gasteiger partial charge in [-0.1, -0.05) is 37.6 Å². The smallest absolute Gasteiger partial charge is 0.0642 e. The SMILES string of the molecule is CCOC1CCN(c2c(Cl)cccc2CNC(C)C)CC1. The van der Waals surface area contributed by atoms with Gasteiger partial charge in [0.15, 0.2) is 0 Å². The van der Waals surface area contributed by atoms with E-state index in [-0.39, 0.29) is 0 Å². The molecule has 1 aliphatic heterocycles. The van der Waals surface area contributed by atoms with Crippen LogP contribution in [0.4, 0.5) is 5.69 Å². The van der Waals surface area contributed by atoms with Crippen molar-refractivity contribution in [1.29, 1.82) is 0 Å². The van der Waals surface area contributed by atoms with E-state index in [9.17, 15) is 0 Å². The fraction of sp³-hybridized carbons (Fsp3) is 0.647. The molecule has 1 N–H and O–H groups in total. The number of benzene rings is 1. The van der Waals surface area contributed by atoms with Gasteiger partial charge in [-0.2, -0.15) is 0 Å². The van der Waals surface area contributed by atoms with Crippen LogP contribution < -0.4 is 10.2 Å². The van der Waals surface area contributed by atoms with E-state index in [1.54, 1.807) is 0 Å². The van der Waals surface area contributed by atoms with Gasteiger partial charge in [0.05, 0.1) is 16.8 Å². The second kappa shape index (κ2) is 8.02. The number of nitrogens with one attached hydrogen (secondary N) is 1. The van der Waals surface area contributed by atoms with Gasteiger partial charge >= 0.3 is 0 Å². The van der Waals surface area contributed by atoms with Crippen LogP contribution in [0.15, 0.2) is 18.2 Å². The third kappa shape index (κ3) is 4.60. The Morgan fingerprint density at radius 3 is 2.67 bits per heavy atom. The molecule has 0 amide bonds. The average molecular weight is 311 g/mol. The predicted octanol–water partition coefficient (Wildman–Crippen LogP) is 3.84. The highest BCUT2D eigenvalue weighted by Gasteiger charge is 2.22. The maximum atomic E-state index is 6.47. The van der Waals surface area contributed by atoms with E-state index in [2.05, 4.69) is 37.1 Å². The Balaban J connectivity index is 2.08. The lowest BCUT2D eigenvalue weighted by molar-refractivity contribution is 0.0459. The molecular formula is C17H27ClN2O. The number of para-hydroxylation sites is 1. The Hall–Kier alpha value is -0.770. The maximum absolute atomic E-state index is 6.47. The number of hydrogen-bond donors (Lipinski definition) is 1. The molecule has 0 spiro atoms. The summed E-state index contributed by atoms with van der Waals surface area (Å²) >= 11 is 6.47. The van der Waals surface area contributed by atoms with E-state index in [1.165, 1.54) is 11.3 Å².